The van der Waals surface area contributed by atoms with E-state index in [1.807, 2.05) is 4.90 Å². The molecule has 1 fully saturated rings. The van der Waals surface area contributed by atoms with Crippen molar-refractivity contribution in [3.05, 3.63) is 0 Å². The molecule has 1 heterocycles. The molecular weight excluding hydrogens is 254 g/mol. The fourth-order valence-corrected chi connectivity index (χ4v) is 2.71. The van der Waals surface area contributed by atoms with Crippen LogP contribution in [0.1, 0.15) is 52.4 Å². The monoisotopic (exact) mass is 283 g/mol. The molecule has 2 atom stereocenters. The SMILES string of the molecule is CCC(CCN)CCC(=O)NC(C)C(=O)N1CCCC1. The Hall–Kier alpha value is -1.10. The minimum absolute atomic E-state index is 0.0273. The molecule has 0 aliphatic carbocycles. The Bertz CT molecular complexity index is 314. The second kappa shape index (κ2) is 8.95. The highest BCUT2D eigenvalue weighted by Gasteiger charge is 2.24. The second-order valence-electron chi connectivity index (χ2n) is 5.71. The predicted molar refractivity (Wildman–Crippen MR) is 80.1 cm³/mol. The molecule has 0 spiro atoms. The van der Waals surface area contributed by atoms with E-state index >= 15 is 0 Å². The Kier molecular flexibility index (Phi) is 7.59. The van der Waals surface area contributed by atoms with Gasteiger partial charge in [0, 0.05) is 19.5 Å². The van der Waals surface area contributed by atoms with E-state index in [1.165, 1.54) is 0 Å². The Balaban J connectivity index is 2.28. The number of likely N-dealkylation sites (tertiary alicyclic amines) is 1. The summed E-state index contributed by atoms with van der Waals surface area (Å²) < 4.78 is 0. The van der Waals surface area contributed by atoms with Crippen LogP contribution in [0.25, 0.3) is 0 Å². The van der Waals surface area contributed by atoms with Crippen molar-refractivity contribution < 1.29 is 9.59 Å². The van der Waals surface area contributed by atoms with E-state index in [0.717, 1.165) is 45.2 Å². The summed E-state index contributed by atoms with van der Waals surface area (Å²) in [6, 6.07) is -0.407. The first-order valence-corrected chi connectivity index (χ1v) is 7.86. The van der Waals surface area contributed by atoms with Gasteiger partial charge in [0.25, 0.3) is 0 Å². The molecule has 1 rings (SSSR count). The third-order valence-electron chi connectivity index (χ3n) is 4.10. The summed E-state index contributed by atoms with van der Waals surface area (Å²) in [5, 5.41) is 2.82. The molecule has 1 saturated heterocycles. The van der Waals surface area contributed by atoms with E-state index in [0.29, 0.717) is 18.9 Å². The zero-order valence-corrected chi connectivity index (χ0v) is 12.9. The molecule has 2 unspecified atom stereocenters. The third-order valence-corrected chi connectivity index (χ3v) is 4.10. The van der Waals surface area contributed by atoms with E-state index < -0.39 is 6.04 Å². The van der Waals surface area contributed by atoms with Gasteiger partial charge in [-0.1, -0.05) is 13.3 Å². The van der Waals surface area contributed by atoms with Crippen molar-refractivity contribution in [2.45, 2.75) is 58.4 Å². The van der Waals surface area contributed by atoms with Crippen LogP contribution in [-0.4, -0.2) is 42.4 Å². The minimum Gasteiger partial charge on any atom is -0.345 e. The van der Waals surface area contributed by atoms with Gasteiger partial charge in [-0.2, -0.15) is 0 Å². The zero-order valence-electron chi connectivity index (χ0n) is 12.9. The highest BCUT2D eigenvalue weighted by Crippen LogP contribution is 2.14. The molecule has 3 N–H and O–H groups in total. The van der Waals surface area contributed by atoms with Gasteiger partial charge in [-0.25, -0.2) is 0 Å². The number of nitrogens with zero attached hydrogens (tertiary/aromatic N) is 1. The number of hydrogen-bond acceptors (Lipinski definition) is 3. The lowest BCUT2D eigenvalue weighted by Gasteiger charge is -2.21. The third kappa shape index (κ3) is 5.49. The van der Waals surface area contributed by atoms with E-state index in [9.17, 15) is 9.59 Å². The lowest BCUT2D eigenvalue weighted by Crippen LogP contribution is -2.45. The van der Waals surface area contributed by atoms with E-state index in [2.05, 4.69) is 12.2 Å². The van der Waals surface area contributed by atoms with Gasteiger partial charge in [0.15, 0.2) is 0 Å². The molecule has 0 aromatic rings. The van der Waals surface area contributed by atoms with Crippen molar-refractivity contribution in [1.29, 1.82) is 0 Å². The smallest absolute Gasteiger partial charge is 0.244 e. The summed E-state index contributed by atoms with van der Waals surface area (Å²) in [5.41, 5.74) is 5.55. The van der Waals surface area contributed by atoms with Gasteiger partial charge in [-0.15, -0.1) is 0 Å². The Morgan fingerprint density at radius 2 is 1.90 bits per heavy atom. The number of nitrogens with two attached hydrogens (primary N) is 1. The normalized spacial score (nSPS) is 17.9. The molecule has 5 nitrogen and oxygen atoms in total. The van der Waals surface area contributed by atoms with Crippen molar-refractivity contribution in [1.82, 2.24) is 10.2 Å². The molecule has 5 heteroatoms. The largest absolute Gasteiger partial charge is 0.345 e. The van der Waals surface area contributed by atoms with Crippen LogP contribution in [0.3, 0.4) is 0 Å². The fourth-order valence-electron chi connectivity index (χ4n) is 2.71. The summed E-state index contributed by atoms with van der Waals surface area (Å²) in [6.07, 6.45) is 5.49. The molecule has 2 amide bonds. The zero-order chi connectivity index (χ0) is 15.0. The number of hydrogen-bond donors (Lipinski definition) is 2. The van der Waals surface area contributed by atoms with Gasteiger partial charge in [-0.3, -0.25) is 9.59 Å². The summed E-state index contributed by atoms with van der Waals surface area (Å²) in [5.74, 6) is 0.528. The quantitative estimate of drug-likeness (QED) is 0.704. The first-order valence-electron chi connectivity index (χ1n) is 7.86. The van der Waals surface area contributed by atoms with E-state index in [1.54, 1.807) is 6.92 Å². The van der Waals surface area contributed by atoms with Crippen molar-refractivity contribution in [2.75, 3.05) is 19.6 Å². The molecule has 0 aromatic carbocycles. The van der Waals surface area contributed by atoms with E-state index in [-0.39, 0.29) is 11.8 Å². The number of amides is 2. The van der Waals surface area contributed by atoms with Crippen molar-refractivity contribution in [3.8, 4) is 0 Å². The first kappa shape index (κ1) is 17.0. The number of carbonyl (C=O) groups excluding carboxylic acids is 2. The fraction of sp³-hybridized carbons (Fsp3) is 0.867. The maximum absolute atomic E-state index is 12.1. The molecule has 0 aromatic heterocycles. The van der Waals surface area contributed by atoms with Crippen LogP contribution in [0.2, 0.25) is 0 Å². The highest BCUT2D eigenvalue weighted by atomic mass is 16.2. The lowest BCUT2D eigenvalue weighted by atomic mass is 9.96. The van der Waals surface area contributed by atoms with Gasteiger partial charge < -0.3 is 16.0 Å². The summed E-state index contributed by atoms with van der Waals surface area (Å²) in [6.45, 7) is 6.22. The average molecular weight is 283 g/mol. The van der Waals surface area contributed by atoms with Gasteiger partial charge in [-0.05, 0) is 45.1 Å². The Labute approximate surface area is 122 Å². The van der Waals surface area contributed by atoms with Gasteiger partial charge in [0.2, 0.25) is 11.8 Å². The predicted octanol–water partition coefficient (Wildman–Crippen LogP) is 1.27. The van der Waals surface area contributed by atoms with E-state index in [4.69, 9.17) is 5.73 Å². The first-order chi connectivity index (χ1) is 9.58. The van der Waals surface area contributed by atoms with Crippen LogP contribution in [-0.2, 0) is 9.59 Å². The molecule has 1 aliphatic heterocycles. The number of carbonyl (C=O) groups is 2. The molecule has 0 bridgehead atoms. The minimum atomic E-state index is -0.407. The topological polar surface area (TPSA) is 75.4 Å². The lowest BCUT2D eigenvalue weighted by molar-refractivity contribution is -0.135. The van der Waals surface area contributed by atoms with Crippen molar-refractivity contribution >= 4 is 11.8 Å². The summed E-state index contributed by atoms with van der Waals surface area (Å²) in [4.78, 5) is 25.8. The number of rotatable bonds is 8. The molecule has 0 saturated carbocycles. The summed E-state index contributed by atoms with van der Waals surface area (Å²) in [7, 11) is 0. The standard InChI is InChI=1S/C15H29N3O2/c1-3-13(8-9-16)6-7-14(19)17-12(2)15(20)18-10-4-5-11-18/h12-13H,3-11,16H2,1-2H3,(H,17,19). The van der Waals surface area contributed by atoms with Crippen molar-refractivity contribution in [3.63, 3.8) is 0 Å². The van der Waals surface area contributed by atoms with Gasteiger partial charge >= 0.3 is 0 Å². The van der Waals surface area contributed by atoms with Crippen LogP contribution in [0, 0.1) is 5.92 Å². The second-order valence-corrected chi connectivity index (χ2v) is 5.71. The van der Waals surface area contributed by atoms with Gasteiger partial charge in [0.05, 0.1) is 0 Å². The van der Waals surface area contributed by atoms with Gasteiger partial charge in [0.1, 0.15) is 6.04 Å². The number of nitrogens with one attached hydrogen (secondary N) is 1. The van der Waals surface area contributed by atoms with Crippen LogP contribution < -0.4 is 11.1 Å². The van der Waals surface area contributed by atoms with Crippen LogP contribution in [0.4, 0.5) is 0 Å². The maximum Gasteiger partial charge on any atom is 0.244 e. The summed E-state index contributed by atoms with van der Waals surface area (Å²) >= 11 is 0. The highest BCUT2D eigenvalue weighted by molar-refractivity contribution is 5.87. The van der Waals surface area contributed by atoms with Crippen LogP contribution in [0.5, 0.6) is 0 Å². The maximum atomic E-state index is 12.1. The molecule has 20 heavy (non-hydrogen) atoms. The van der Waals surface area contributed by atoms with Crippen molar-refractivity contribution in [2.24, 2.45) is 11.7 Å². The molecule has 1 aliphatic rings. The Morgan fingerprint density at radius 3 is 2.45 bits per heavy atom. The molecule has 0 radical (unpaired) electrons. The van der Waals surface area contributed by atoms with Crippen LogP contribution >= 0.6 is 0 Å². The molecular formula is C15H29N3O2. The Morgan fingerprint density at radius 1 is 1.25 bits per heavy atom. The molecule has 116 valence electrons. The van der Waals surface area contributed by atoms with Crippen LogP contribution in [0.15, 0.2) is 0 Å². The average Bonchev–Trinajstić information content (AvgIpc) is 2.96.